The maximum absolute atomic E-state index is 12.9. The summed E-state index contributed by atoms with van der Waals surface area (Å²) in [7, 11) is 0. The Morgan fingerprint density at radius 1 is 1.09 bits per heavy atom. The van der Waals surface area contributed by atoms with Crippen LogP contribution in [0.5, 0.6) is 5.75 Å². The Morgan fingerprint density at radius 3 is 2.44 bits per heavy atom. The second-order valence-electron chi connectivity index (χ2n) is 8.99. The van der Waals surface area contributed by atoms with E-state index < -0.39 is 0 Å². The highest BCUT2D eigenvalue weighted by Crippen LogP contribution is 2.26. The number of likely N-dealkylation sites (tertiary alicyclic amines) is 1. The maximum atomic E-state index is 12.9. The summed E-state index contributed by atoms with van der Waals surface area (Å²) in [5, 5.41) is 12.6. The van der Waals surface area contributed by atoms with Gasteiger partial charge in [-0.2, -0.15) is 0 Å². The first-order valence-electron chi connectivity index (χ1n) is 11.6. The first kappa shape index (κ1) is 24.0. The quantitative estimate of drug-likeness (QED) is 0.425. The van der Waals surface area contributed by atoms with Gasteiger partial charge in [-0.05, 0) is 49.4 Å². The van der Waals surface area contributed by atoms with Crippen LogP contribution < -0.4 is 15.1 Å². The third-order valence-corrected chi connectivity index (χ3v) is 6.94. The van der Waals surface area contributed by atoms with E-state index in [1.54, 1.807) is 13.0 Å². The number of Topliss-reactive ketones (excluding diaryl/α,β-unsaturated/α-hetero) is 1. The number of halogens is 1. The Balaban J connectivity index is 1.22. The predicted octanol–water partition coefficient (Wildman–Crippen LogP) is 1.44. The average Bonchev–Trinajstić information content (AvgIpc) is 3.30. The number of anilines is 2. The second-order valence-corrected chi connectivity index (χ2v) is 9.40. The molecule has 4 rings (SSSR count). The Hall–Kier alpha value is -3.10. The zero-order valence-electron chi connectivity index (χ0n) is 19.2. The minimum atomic E-state index is -0.162. The number of carbonyl (C=O) groups is 3. The van der Waals surface area contributed by atoms with Crippen molar-refractivity contribution in [3.63, 3.8) is 0 Å². The Bertz CT molecular complexity index is 1070. The van der Waals surface area contributed by atoms with Gasteiger partial charge in [-0.1, -0.05) is 11.6 Å². The van der Waals surface area contributed by atoms with Crippen molar-refractivity contribution in [1.82, 2.24) is 4.90 Å². The molecule has 2 heterocycles. The van der Waals surface area contributed by atoms with Crippen LogP contribution >= 0.6 is 11.6 Å². The number of rotatable bonds is 6. The number of quaternary nitrogens is 1. The fraction of sp³-hybridized carbons (Fsp3) is 0.400. The lowest BCUT2D eigenvalue weighted by atomic mass is 10.1. The fourth-order valence-electron chi connectivity index (χ4n) is 4.59. The molecule has 2 aromatic carbocycles. The fourth-order valence-corrected chi connectivity index (χ4v) is 4.77. The van der Waals surface area contributed by atoms with Gasteiger partial charge in [0.05, 0.1) is 24.0 Å². The summed E-state index contributed by atoms with van der Waals surface area (Å²) in [5.41, 5.74) is 2.31. The van der Waals surface area contributed by atoms with Crippen molar-refractivity contribution in [2.24, 2.45) is 5.92 Å². The zero-order chi connectivity index (χ0) is 24.2. The summed E-state index contributed by atoms with van der Waals surface area (Å²) in [6, 6.07) is 12.2. The van der Waals surface area contributed by atoms with E-state index >= 15 is 0 Å². The number of carbonyl (C=O) groups excluding carboxylic acids is 3. The monoisotopic (exact) mass is 485 g/mol. The molecule has 34 heavy (non-hydrogen) atoms. The van der Waals surface area contributed by atoms with Crippen molar-refractivity contribution >= 4 is 40.6 Å². The van der Waals surface area contributed by atoms with Gasteiger partial charge >= 0.3 is 0 Å². The van der Waals surface area contributed by atoms with Crippen LogP contribution in [0.25, 0.3) is 0 Å². The number of piperazine rings is 1. The molecule has 2 fully saturated rings. The Labute approximate surface area is 204 Å². The van der Waals surface area contributed by atoms with Crippen LogP contribution in [0.4, 0.5) is 11.4 Å². The van der Waals surface area contributed by atoms with Crippen molar-refractivity contribution < 1.29 is 24.4 Å². The Kier molecular flexibility index (Phi) is 7.38. The van der Waals surface area contributed by atoms with Gasteiger partial charge in [0.1, 0.15) is 5.75 Å². The van der Waals surface area contributed by atoms with Gasteiger partial charge in [0.15, 0.2) is 12.3 Å². The lowest BCUT2D eigenvalue weighted by Crippen LogP contribution is -3.11. The maximum Gasteiger partial charge on any atom is 0.277 e. The van der Waals surface area contributed by atoms with Gasteiger partial charge < -0.3 is 25.1 Å². The van der Waals surface area contributed by atoms with E-state index in [0.717, 1.165) is 36.6 Å². The minimum absolute atomic E-state index is 0.0265. The third-order valence-electron chi connectivity index (χ3n) is 6.64. The molecule has 180 valence electrons. The van der Waals surface area contributed by atoms with Crippen LogP contribution in [0.2, 0.25) is 5.02 Å². The number of nitrogens with one attached hydrogen (secondary N) is 2. The van der Waals surface area contributed by atoms with Crippen molar-refractivity contribution in [2.75, 3.05) is 56.0 Å². The molecule has 0 saturated carbocycles. The van der Waals surface area contributed by atoms with Crippen molar-refractivity contribution in [3.05, 3.63) is 53.1 Å². The highest BCUT2D eigenvalue weighted by Gasteiger charge is 2.34. The van der Waals surface area contributed by atoms with E-state index in [2.05, 4.69) is 10.2 Å². The first-order valence-corrected chi connectivity index (χ1v) is 11.9. The van der Waals surface area contributed by atoms with Crippen LogP contribution in [0.15, 0.2) is 42.5 Å². The zero-order valence-corrected chi connectivity index (χ0v) is 20.0. The molecule has 2 amide bonds. The molecular formula is C25H30ClN4O4+. The number of nitrogens with zero attached hydrogens (tertiary/aromatic N) is 2. The molecule has 0 spiro atoms. The number of hydrogen-bond acceptors (Lipinski definition) is 5. The van der Waals surface area contributed by atoms with E-state index in [9.17, 15) is 19.5 Å². The number of amides is 2. The van der Waals surface area contributed by atoms with Crippen molar-refractivity contribution in [1.29, 1.82) is 0 Å². The lowest BCUT2D eigenvalue weighted by molar-refractivity contribution is -0.880. The van der Waals surface area contributed by atoms with Crippen LogP contribution in [-0.4, -0.2) is 73.4 Å². The smallest absolute Gasteiger partial charge is 0.277 e. The molecule has 0 aromatic heterocycles. The third kappa shape index (κ3) is 5.69. The molecule has 8 nitrogen and oxygen atoms in total. The van der Waals surface area contributed by atoms with Gasteiger partial charge in [0.2, 0.25) is 5.91 Å². The largest absolute Gasteiger partial charge is 0.506 e. The molecule has 0 aliphatic carbocycles. The SMILES string of the molecule is CC(=O)c1ccc(N2CCN(C(=O)C[NH+]3CC[C@@H](C(=O)Nc4ccc(O)c(Cl)c4)C3)CC2)cc1. The molecule has 2 aliphatic heterocycles. The van der Waals surface area contributed by atoms with E-state index in [1.165, 1.54) is 12.1 Å². The van der Waals surface area contributed by atoms with Crippen LogP contribution in [-0.2, 0) is 9.59 Å². The molecule has 2 aromatic rings. The summed E-state index contributed by atoms with van der Waals surface area (Å²) in [6.45, 7) is 6.17. The van der Waals surface area contributed by atoms with Gasteiger partial charge in [-0.25, -0.2) is 0 Å². The standard InChI is InChI=1S/C25H29ClN4O4/c1-17(31)18-2-5-21(6-3-18)29-10-12-30(13-11-29)24(33)16-28-9-8-19(15-28)25(34)27-20-4-7-23(32)22(26)14-20/h2-7,14,19,32H,8-13,15-16H2,1H3,(H,27,34)/p+1/t19-/m1/s1. The van der Waals surface area contributed by atoms with E-state index in [4.69, 9.17) is 11.6 Å². The average molecular weight is 486 g/mol. The molecular weight excluding hydrogens is 456 g/mol. The van der Waals surface area contributed by atoms with Gasteiger partial charge in [-0.15, -0.1) is 0 Å². The molecule has 2 atom stereocenters. The van der Waals surface area contributed by atoms with Crippen molar-refractivity contribution in [3.8, 4) is 5.75 Å². The Morgan fingerprint density at radius 2 is 1.79 bits per heavy atom. The lowest BCUT2D eigenvalue weighted by Gasteiger charge is -2.36. The number of hydrogen-bond donors (Lipinski definition) is 3. The van der Waals surface area contributed by atoms with Crippen LogP contribution in [0, 0.1) is 5.92 Å². The van der Waals surface area contributed by atoms with Crippen molar-refractivity contribution in [2.45, 2.75) is 13.3 Å². The van der Waals surface area contributed by atoms with E-state index in [1.807, 2.05) is 29.2 Å². The van der Waals surface area contributed by atoms with E-state index in [0.29, 0.717) is 37.4 Å². The normalized spacial score (nSPS) is 20.3. The molecule has 0 radical (unpaired) electrons. The molecule has 1 unspecified atom stereocenters. The highest BCUT2D eigenvalue weighted by molar-refractivity contribution is 6.32. The number of phenolic OH excluding ortho intramolecular Hbond substituents is 1. The first-order chi connectivity index (χ1) is 16.3. The molecule has 9 heteroatoms. The van der Waals surface area contributed by atoms with Crippen LogP contribution in [0.3, 0.4) is 0 Å². The topological polar surface area (TPSA) is 94.4 Å². The predicted molar refractivity (Wildman–Crippen MR) is 131 cm³/mol. The molecule has 0 bridgehead atoms. The van der Waals surface area contributed by atoms with E-state index in [-0.39, 0.29) is 34.3 Å². The number of phenols is 1. The second kappa shape index (κ2) is 10.4. The summed E-state index contributed by atoms with van der Waals surface area (Å²) in [5.74, 6) is -0.107. The number of benzene rings is 2. The summed E-state index contributed by atoms with van der Waals surface area (Å²) >= 11 is 5.91. The highest BCUT2D eigenvalue weighted by atomic mass is 35.5. The molecule has 2 saturated heterocycles. The number of aromatic hydroxyl groups is 1. The van der Waals surface area contributed by atoms with Gasteiger partial charge in [0.25, 0.3) is 5.91 Å². The summed E-state index contributed by atoms with van der Waals surface area (Å²) < 4.78 is 0. The number of ketones is 1. The molecule has 2 aliphatic rings. The molecule has 3 N–H and O–H groups in total. The minimum Gasteiger partial charge on any atom is -0.506 e. The van der Waals surface area contributed by atoms with Gasteiger partial charge in [-0.3, -0.25) is 14.4 Å². The summed E-state index contributed by atoms with van der Waals surface area (Å²) in [4.78, 5) is 42.2. The van der Waals surface area contributed by atoms with Crippen LogP contribution in [0.1, 0.15) is 23.7 Å². The summed E-state index contributed by atoms with van der Waals surface area (Å²) in [6.07, 6.45) is 0.726. The van der Waals surface area contributed by atoms with Gasteiger partial charge in [0, 0.05) is 49.5 Å².